The van der Waals surface area contributed by atoms with E-state index in [9.17, 15) is 0 Å². The number of hydrogen-bond donors (Lipinski definition) is 1. The van der Waals surface area contributed by atoms with Gasteiger partial charge in [-0.2, -0.15) is 0 Å². The molecule has 1 aromatic carbocycles. The van der Waals surface area contributed by atoms with Crippen molar-refractivity contribution in [1.82, 2.24) is 0 Å². The molecule has 0 saturated heterocycles. The van der Waals surface area contributed by atoms with Gasteiger partial charge in [-0.1, -0.05) is 18.2 Å². The van der Waals surface area contributed by atoms with Crippen LogP contribution in [-0.2, 0) is 0 Å². The molecule has 0 heterocycles. The smallest absolute Gasteiger partial charge is 0.0404 e. The predicted molar refractivity (Wildman–Crippen MR) is 64.3 cm³/mol. The van der Waals surface area contributed by atoms with Gasteiger partial charge in [-0.25, -0.2) is 0 Å². The Labute approximate surface area is 90.8 Å². The van der Waals surface area contributed by atoms with E-state index in [1.165, 1.54) is 11.1 Å². The van der Waals surface area contributed by atoms with Gasteiger partial charge in [0, 0.05) is 18.1 Å². The van der Waals surface area contributed by atoms with Gasteiger partial charge < -0.3 is 5.32 Å². The van der Waals surface area contributed by atoms with Gasteiger partial charge in [0.15, 0.2) is 0 Å². The summed E-state index contributed by atoms with van der Waals surface area (Å²) in [6, 6.07) is 6.38. The molecule has 0 aliphatic carbocycles. The molecule has 0 saturated carbocycles. The van der Waals surface area contributed by atoms with Crippen LogP contribution in [-0.4, -0.2) is 12.4 Å². The van der Waals surface area contributed by atoms with Crippen LogP contribution in [0.4, 0.5) is 5.69 Å². The van der Waals surface area contributed by atoms with Crippen LogP contribution in [0.1, 0.15) is 11.1 Å². The van der Waals surface area contributed by atoms with Crippen molar-refractivity contribution in [3.63, 3.8) is 0 Å². The lowest BCUT2D eigenvalue weighted by molar-refractivity contribution is 1.28. The van der Waals surface area contributed by atoms with E-state index >= 15 is 0 Å². The highest BCUT2D eigenvalue weighted by Crippen LogP contribution is 2.13. The molecule has 1 nitrogen and oxygen atoms in total. The SMILES string of the molecule is Cc1ccc(NC/C=C/CCl)cc1C. The molecule has 0 atom stereocenters. The zero-order chi connectivity index (χ0) is 10.4. The van der Waals surface area contributed by atoms with Gasteiger partial charge in [-0.05, 0) is 37.1 Å². The van der Waals surface area contributed by atoms with E-state index in [1.54, 1.807) is 0 Å². The number of allylic oxidation sites excluding steroid dienone is 1. The molecule has 14 heavy (non-hydrogen) atoms. The van der Waals surface area contributed by atoms with Crippen LogP contribution in [0, 0.1) is 13.8 Å². The fourth-order valence-electron chi connectivity index (χ4n) is 1.17. The Bertz CT molecular complexity index is 318. The van der Waals surface area contributed by atoms with Gasteiger partial charge in [0.2, 0.25) is 0 Å². The predicted octanol–water partition coefficient (Wildman–Crippen LogP) is 3.51. The minimum atomic E-state index is 0.578. The van der Waals surface area contributed by atoms with Crippen molar-refractivity contribution in [2.75, 3.05) is 17.7 Å². The van der Waals surface area contributed by atoms with Crippen molar-refractivity contribution in [3.8, 4) is 0 Å². The Kier molecular flexibility index (Phi) is 4.54. The quantitative estimate of drug-likeness (QED) is 0.591. The van der Waals surface area contributed by atoms with E-state index in [0.717, 1.165) is 12.2 Å². The molecular weight excluding hydrogens is 194 g/mol. The molecule has 0 fully saturated rings. The lowest BCUT2D eigenvalue weighted by Crippen LogP contribution is -1.98. The summed E-state index contributed by atoms with van der Waals surface area (Å²) in [5.41, 5.74) is 3.80. The average molecular weight is 210 g/mol. The van der Waals surface area contributed by atoms with Gasteiger partial charge in [0.25, 0.3) is 0 Å². The van der Waals surface area contributed by atoms with Crippen molar-refractivity contribution in [1.29, 1.82) is 0 Å². The van der Waals surface area contributed by atoms with E-state index < -0.39 is 0 Å². The summed E-state index contributed by atoms with van der Waals surface area (Å²) in [7, 11) is 0. The van der Waals surface area contributed by atoms with Crippen molar-refractivity contribution in [3.05, 3.63) is 41.5 Å². The van der Waals surface area contributed by atoms with E-state index in [0.29, 0.717) is 5.88 Å². The maximum Gasteiger partial charge on any atom is 0.0404 e. The molecule has 2 heteroatoms. The molecule has 0 aliphatic rings. The first kappa shape index (κ1) is 11.1. The fraction of sp³-hybridized carbons (Fsp3) is 0.333. The Hall–Kier alpha value is -0.950. The molecule has 0 unspecified atom stereocenters. The Morgan fingerprint density at radius 3 is 2.64 bits per heavy atom. The molecular formula is C12H16ClN. The zero-order valence-electron chi connectivity index (χ0n) is 8.68. The van der Waals surface area contributed by atoms with Gasteiger partial charge in [-0.3, -0.25) is 0 Å². The number of benzene rings is 1. The summed E-state index contributed by atoms with van der Waals surface area (Å²) in [6.07, 6.45) is 3.97. The summed E-state index contributed by atoms with van der Waals surface area (Å²) in [5, 5.41) is 3.30. The molecule has 76 valence electrons. The third-order valence-corrected chi connectivity index (χ3v) is 2.36. The zero-order valence-corrected chi connectivity index (χ0v) is 9.43. The Balaban J connectivity index is 2.51. The second-order valence-electron chi connectivity index (χ2n) is 3.31. The van der Waals surface area contributed by atoms with E-state index in [-0.39, 0.29) is 0 Å². The largest absolute Gasteiger partial charge is 0.382 e. The number of alkyl halides is 1. The highest BCUT2D eigenvalue weighted by atomic mass is 35.5. The van der Waals surface area contributed by atoms with Crippen molar-refractivity contribution in [2.24, 2.45) is 0 Å². The molecule has 0 bridgehead atoms. The van der Waals surface area contributed by atoms with Crippen LogP contribution in [0.2, 0.25) is 0 Å². The highest BCUT2D eigenvalue weighted by molar-refractivity contribution is 6.18. The lowest BCUT2D eigenvalue weighted by atomic mass is 10.1. The van der Waals surface area contributed by atoms with Gasteiger partial charge in [-0.15, -0.1) is 11.6 Å². The van der Waals surface area contributed by atoms with Gasteiger partial charge in [0.1, 0.15) is 0 Å². The number of rotatable bonds is 4. The van der Waals surface area contributed by atoms with Crippen molar-refractivity contribution in [2.45, 2.75) is 13.8 Å². The molecule has 0 spiro atoms. The first-order valence-electron chi connectivity index (χ1n) is 4.76. The number of halogens is 1. The van der Waals surface area contributed by atoms with Crippen LogP contribution in [0.25, 0.3) is 0 Å². The molecule has 1 aromatic rings. The van der Waals surface area contributed by atoms with Crippen LogP contribution >= 0.6 is 11.6 Å². The molecule has 1 rings (SSSR count). The van der Waals surface area contributed by atoms with E-state index in [1.807, 2.05) is 12.2 Å². The Morgan fingerprint density at radius 2 is 2.00 bits per heavy atom. The van der Waals surface area contributed by atoms with E-state index in [2.05, 4.69) is 37.4 Å². The van der Waals surface area contributed by atoms with Crippen LogP contribution in [0.5, 0.6) is 0 Å². The second kappa shape index (κ2) is 5.71. The van der Waals surface area contributed by atoms with Crippen LogP contribution in [0.15, 0.2) is 30.4 Å². The third-order valence-electron chi connectivity index (χ3n) is 2.19. The first-order chi connectivity index (χ1) is 6.74. The summed E-state index contributed by atoms with van der Waals surface area (Å²) < 4.78 is 0. The maximum atomic E-state index is 5.51. The van der Waals surface area contributed by atoms with Gasteiger partial charge in [0.05, 0.1) is 0 Å². The topological polar surface area (TPSA) is 12.0 Å². The maximum absolute atomic E-state index is 5.51. The average Bonchev–Trinajstić information content (AvgIpc) is 2.18. The van der Waals surface area contributed by atoms with Crippen LogP contribution < -0.4 is 5.32 Å². The minimum absolute atomic E-state index is 0.578. The summed E-state index contributed by atoms with van der Waals surface area (Å²) >= 11 is 5.51. The van der Waals surface area contributed by atoms with Gasteiger partial charge >= 0.3 is 0 Å². The standard InChI is InChI=1S/C12H16ClN/c1-10-5-6-12(9-11(10)2)14-8-4-3-7-13/h3-6,9,14H,7-8H2,1-2H3/b4-3+. The minimum Gasteiger partial charge on any atom is -0.382 e. The number of anilines is 1. The normalized spacial score (nSPS) is 10.8. The molecule has 0 amide bonds. The van der Waals surface area contributed by atoms with Crippen LogP contribution in [0.3, 0.4) is 0 Å². The summed E-state index contributed by atoms with van der Waals surface area (Å²) in [5.74, 6) is 0.578. The third kappa shape index (κ3) is 3.43. The van der Waals surface area contributed by atoms with Crippen molar-refractivity contribution >= 4 is 17.3 Å². The second-order valence-corrected chi connectivity index (χ2v) is 3.61. The first-order valence-corrected chi connectivity index (χ1v) is 5.29. The summed E-state index contributed by atoms with van der Waals surface area (Å²) in [4.78, 5) is 0. The number of aryl methyl sites for hydroxylation is 2. The molecule has 0 radical (unpaired) electrons. The molecule has 1 N–H and O–H groups in total. The highest BCUT2D eigenvalue weighted by Gasteiger charge is 1.93. The molecule has 0 aliphatic heterocycles. The van der Waals surface area contributed by atoms with Crippen molar-refractivity contribution < 1.29 is 0 Å². The van der Waals surface area contributed by atoms with E-state index in [4.69, 9.17) is 11.6 Å². The number of hydrogen-bond acceptors (Lipinski definition) is 1. The number of nitrogens with one attached hydrogen (secondary N) is 1. The fourth-order valence-corrected chi connectivity index (χ4v) is 1.30. The Morgan fingerprint density at radius 1 is 1.21 bits per heavy atom. The summed E-state index contributed by atoms with van der Waals surface area (Å²) in [6.45, 7) is 5.07. The lowest BCUT2D eigenvalue weighted by Gasteiger charge is -2.06. The monoisotopic (exact) mass is 209 g/mol. The molecule has 0 aromatic heterocycles.